The summed E-state index contributed by atoms with van der Waals surface area (Å²) in [6, 6.07) is 3.34. The molecule has 1 saturated heterocycles. The number of nitrogens with zero attached hydrogens (tertiary/aromatic N) is 2. The molecule has 0 amide bonds. The van der Waals surface area contributed by atoms with Crippen LogP contribution in [0.3, 0.4) is 0 Å². The second-order valence-corrected chi connectivity index (χ2v) is 3.58. The lowest BCUT2D eigenvalue weighted by molar-refractivity contribution is -0.339. The molecule has 0 aromatic heterocycles. The van der Waals surface area contributed by atoms with E-state index in [0.717, 1.165) is 19.3 Å². The van der Waals surface area contributed by atoms with E-state index < -0.39 is 11.6 Å². The Balaban J connectivity index is 2.14. The van der Waals surface area contributed by atoms with E-state index >= 15 is 0 Å². The van der Waals surface area contributed by atoms with Gasteiger partial charge in [-0.1, -0.05) is 6.42 Å². The average molecular weight is 194 g/mol. The Bertz CT molecular complexity index is 295. The lowest BCUT2D eigenvalue weighted by atomic mass is 9.94. The SMILES string of the molecule is N#CC1(C#N)OOC2(CCCCC2)O1. The molecule has 1 spiro atoms. The van der Waals surface area contributed by atoms with Crippen LogP contribution in [0, 0.1) is 22.7 Å². The van der Waals surface area contributed by atoms with E-state index in [-0.39, 0.29) is 0 Å². The van der Waals surface area contributed by atoms with Crippen molar-refractivity contribution in [2.75, 3.05) is 0 Å². The standard InChI is InChI=1S/C9H10N2O3/c10-6-9(7-11)12-8(13-14-9)4-2-1-3-5-8/h1-5H2. The minimum Gasteiger partial charge on any atom is -0.289 e. The van der Waals surface area contributed by atoms with Gasteiger partial charge in [0, 0.05) is 12.8 Å². The van der Waals surface area contributed by atoms with Crippen molar-refractivity contribution in [1.82, 2.24) is 0 Å². The molecule has 1 heterocycles. The van der Waals surface area contributed by atoms with E-state index in [1.54, 1.807) is 12.1 Å². The maximum atomic E-state index is 8.73. The average Bonchev–Trinajstić information content (AvgIpc) is 2.60. The van der Waals surface area contributed by atoms with Crippen molar-refractivity contribution in [3.63, 3.8) is 0 Å². The summed E-state index contributed by atoms with van der Waals surface area (Å²) in [6.45, 7) is 0. The molecule has 5 nitrogen and oxygen atoms in total. The summed E-state index contributed by atoms with van der Waals surface area (Å²) in [4.78, 5) is 9.70. The monoisotopic (exact) mass is 194 g/mol. The molecule has 0 unspecified atom stereocenters. The molecule has 1 aliphatic carbocycles. The summed E-state index contributed by atoms with van der Waals surface area (Å²) in [5.41, 5.74) is 0. The largest absolute Gasteiger partial charge is 0.380 e. The number of nitriles is 2. The number of hydrogen-bond donors (Lipinski definition) is 0. The molecule has 2 aliphatic rings. The van der Waals surface area contributed by atoms with Crippen molar-refractivity contribution in [3.8, 4) is 12.1 Å². The van der Waals surface area contributed by atoms with E-state index in [0.29, 0.717) is 12.8 Å². The Morgan fingerprint density at radius 1 is 0.929 bits per heavy atom. The van der Waals surface area contributed by atoms with Gasteiger partial charge in [-0.3, -0.25) is 4.74 Å². The summed E-state index contributed by atoms with van der Waals surface area (Å²) in [5, 5.41) is 17.5. The van der Waals surface area contributed by atoms with E-state index in [2.05, 4.69) is 4.89 Å². The smallest absolute Gasteiger partial charge is 0.289 e. The first kappa shape index (κ1) is 9.42. The van der Waals surface area contributed by atoms with Gasteiger partial charge in [-0.15, -0.1) is 0 Å². The Morgan fingerprint density at radius 3 is 2.07 bits per heavy atom. The summed E-state index contributed by atoms with van der Waals surface area (Å²) >= 11 is 0. The van der Waals surface area contributed by atoms with Gasteiger partial charge in [-0.05, 0) is 12.8 Å². The van der Waals surface area contributed by atoms with Gasteiger partial charge >= 0.3 is 5.79 Å². The molecule has 0 aromatic rings. The lowest BCUT2D eigenvalue weighted by Gasteiger charge is -2.28. The zero-order valence-corrected chi connectivity index (χ0v) is 7.65. The molecule has 0 radical (unpaired) electrons. The Kier molecular flexibility index (Phi) is 2.16. The molecule has 0 bridgehead atoms. The zero-order chi connectivity index (χ0) is 10.1. The first-order valence-corrected chi connectivity index (χ1v) is 4.64. The Labute approximate surface area is 81.7 Å². The third kappa shape index (κ3) is 1.36. The second kappa shape index (κ2) is 3.21. The maximum Gasteiger partial charge on any atom is 0.380 e. The molecule has 0 atom stereocenters. The molecule has 0 aromatic carbocycles. The molecule has 1 aliphatic heterocycles. The predicted octanol–water partition coefficient (Wildman–Crippen LogP) is 1.37. The van der Waals surface area contributed by atoms with Crippen LogP contribution in [0.4, 0.5) is 0 Å². The topological polar surface area (TPSA) is 75.3 Å². The Morgan fingerprint density at radius 2 is 1.57 bits per heavy atom. The molecule has 14 heavy (non-hydrogen) atoms. The molecule has 5 heteroatoms. The van der Waals surface area contributed by atoms with Crippen molar-refractivity contribution < 1.29 is 14.5 Å². The van der Waals surface area contributed by atoms with Crippen LogP contribution >= 0.6 is 0 Å². The minimum absolute atomic E-state index is 0.679. The third-order valence-corrected chi connectivity index (χ3v) is 2.55. The van der Waals surface area contributed by atoms with Gasteiger partial charge in [0.05, 0.1) is 0 Å². The van der Waals surface area contributed by atoms with Gasteiger partial charge in [-0.25, -0.2) is 0 Å². The molecule has 74 valence electrons. The van der Waals surface area contributed by atoms with Crippen molar-refractivity contribution >= 4 is 0 Å². The Hall–Kier alpha value is -1.14. The third-order valence-electron chi connectivity index (χ3n) is 2.55. The summed E-state index contributed by atoms with van der Waals surface area (Å²) in [6.07, 6.45) is 4.42. The number of hydrogen-bond acceptors (Lipinski definition) is 5. The normalized spacial score (nSPS) is 28.1. The molecule has 0 N–H and O–H groups in total. The fourth-order valence-electron chi connectivity index (χ4n) is 1.81. The first-order chi connectivity index (χ1) is 6.74. The van der Waals surface area contributed by atoms with E-state index in [1.807, 2.05) is 0 Å². The fraction of sp³-hybridized carbons (Fsp3) is 0.778. The zero-order valence-electron chi connectivity index (χ0n) is 7.65. The molecule has 2 fully saturated rings. The highest BCUT2D eigenvalue weighted by Crippen LogP contribution is 2.42. The van der Waals surface area contributed by atoms with Crippen LogP contribution in [0.5, 0.6) is 0 Å². The maximum absolute atomic E-state index is 8.73. The second-order valence-electron chi connectivity index (χ2n) is 3.58. The van der Waals surface area contributed by atoms with Crippen molar-refractivity contribution in [3.05, 3.63) is 0 Å². The van der Waals surface area contributed by atoms with E-state index in [4.69, 9.17) is 20.1 Å². The van der Waals surface area contributed by atoms with Gasteiger partial charge in [-0.2, -0.15) is 20.3 Å². The van der Waals surface area contributed by atoms with Gasteiger partial charge < -0.3 is 0 Å². The van der Waals surface area contributed by atoms with Gasteiger partial charge in [0.2, 0.25) is 5.79 Å². The van der Waals surface area contributed by atoms with E-state index in [1.165, 1.54) is 0 Å². The van der Waals surface area contributed by atoms with Gasteiger partial charge in [0.15, 0.2) is 0 Å². The highest BCUT2D eigenvalue weighted by molar-refractivity contribution is 5.12. The predicted molar refractivity (Wildman–Crippen MR) is 43.0 cm³/mol. The van der Waals surface area contributed by atoms with Crippen molar-refractivity contribution in [2.24, 2.45) is 0 Å². The van der Waals surface area contributed by atoms with Crippen LogP contribution in [0.15, 0.2) is 0 Å². The minimum atomic E-state index is -1.86. The van der Waals surface area contributed by atoms with Crippen LogP contribution in [0.1, 0.15) is 32.1 Å². The van der Waals surface area contributed by atoms with Crippen LogP contribution < -0.4 is 0 Å². The summed E-state index contributed by atoms with van der Waals surface area (Å²) in [7, 11) is 0. The fourth-order valence-corrected chi connectivity index (χ4v) is 1.81. The lowest BCUT2D eigenvalue weighted by Crippen LogP contribution is -2.36. The molecular weight excluding hydrogens is 184 g/mol. The van der Waals surface area contributed by atoms with Crippen LogP contribution in [-0.4, -0.2) is 11.6 Å². The summed E-state index contributed by atoms with van der Waals surface area (Å²) in [5.74, 6) is -2.72. The van der Waals surface area contributed by atoms with E-state index in [9.17, 15) is 0 Å². The summed E-state index contributed by atoms with van der Waals surface area (Å²) < 4.78 is 5.31. The first-order valence-electron chi connectivity index (χ1n) is 4.64. The molecular formula is C9H10N2O3. The van der Waals surface area contributed by atoms with Crippen LogP contribution in [0.2, 0.25) is 0 Å². The van der Waals surface area contributed by atoms with Crippen molar-refractivity contribution in [1.29, 1.82) is 10.5 Å². The van der Waals surface area contributed by atoms with Crippen LogP contribution in [-0.2, 0) is 14.5 Å². The highest BCUT2D eigenvalue weighted by Gasteiger charge is 2.54. The van der Waals surface area contributed by atoms with Crippen molar-refractivity contribution in [2.45, 2.75) is 43.7 Å². The highest BCUT2D eigenvalue weighted by atomic mass is 17.3. The number of rotatable bonds is 0. The molecule has 1 saturated carbocycles. The molecule has 2 rings (SSSR count). The van der Waals surface area contributed by atoms with Gasteiger partial charge in [0.25, 0.3) is 0 Å². The quantitative estimate of drug-likeness (QED) is 0.544. The van der Waals surface area contributed by atoms with Crippen LogP contribution in [0.25, 0.3) is 0 Å². The number of ether oxygens (including phenoxy) is 1. The van der Waals surface area contributed by atoms with Gasteiger partial charge in [0.1, 0.15) is 12.1 Å².